The van der Waals surface area contributed by atoms with E-state index in [4.69, 9.17) is 4.98 Å². The molecule has 3 heterocycles. The van der Waals surface area contributed by atoms with Crippen LogP contribution in [0.3, 0.4) is 0 Å². The number of aromatic nitrogens is 2. The lowest BCUT2D eigenvalue weighted by molar-refractivity contribution is 0.176. The molecule has 1 fully saturated rings. The molecule has 2 unspecified atom stereocenters. The minimum Gasteiger partial charge on any atom is -0.368 e. The first-order valence-electron chi connectivity index (χ1n) is 12.1. The zero-order valence-corrected chi connectivity index (χ0v) is 19.1. The maximum absolute atomic E-state index is 4.74. The van der Waals surface area contributed by atoms with Crippen molar-refractivity contribution in [1.82, 2.24) is 19.8 Å². The summed E-state index contributed by atoms with van der Waals surface area (Å²) in [5.41, 5.74) is 4.13. The highest BCUT2D eigenvalue weighted by atomic mass is 15.2. The molecule has 5 heteroatoms. The standard InChI is InChI=1S/C28H31N5/c1-20-14-23(32(18-21-8-4-2-5-9-21)19-22-10-6-3-7-11-22)15-24(20)26-16-30-27-17-31-28-25(33(26)27)12-13-29-28/h2-13,16-17,20,23-25,28-29H,14-15,18-19H2,1H3/t20-,23+,24+,25?,28?/m1/s1. The van der Waals surface area contributed by atoms with Gasteiger partial charge in [-0.2, -0.15) is 0 Å². The Labute approximate surface area is 195 Å². The Bertz CT molecular complexity index is 1110. The van der Waals surface area contributed by atoms with Gasteiger partial charge in [-0.05, 0) is 42.2 Å². The minimum absolute atomic E-state index is 0.102. The van der Waals surface area contributed by atoms with E-state index < -0.39 is 0 Å². The molecule has 0 radical (unpaired) electrons. The van der Waals surface area contributed by atoms with Crippen molar-refractivity contribution in [2.24, 2.45) is 10.9 Å². The molecule has 168 valence electrons. The Balaban J connectivity index is 1.27. The third-order valence-corrected chi connectivity index (χ3v) is 7.60. The van der Waals surface area contributed by atoms with Crippen LogP contribution >= 0.6 is 0 Å². The summed E-state index contributed by atoms with van der Waals surface area (Å²) in [6, 6.07) is 22.6. The number of hydrogen-bond donors (Lipinski definition) is 1. The molecule has 1 aliphatic carbocycles. The molecule has 1 aromatic heterocycles. The number of rotatable bonds is 6. The van der Waals surface area contributed by atoms with Gasteiger partial charge in [0.1, 0.15) is 6.17 Å². The molecule has 2 aromatic carbocycles. The van der Waals surface area contributed by atoms with Gasteiger partial charge in [0, 0.05) is 36.9 Å². The first-order chi connectivity index (χ1) is 16.3. The molecular weight excluding hydrogens is 406 g/mol. The third kappa shape index (κ3) is 3.91. The molecule has 0 saturated heterocycles. The van der Waals surface area contributed by atoms with Gasteiger partial charge in [0.05, 0.1) is 12.3 Å². The Morgan fingerprint density at radius 1 is 0.970 bits per heavy atom. The molecule has 1 N–H and O–H groups in total. The number of nitrogens with one attached hydrogen (secondary N) is 1. The Hall–Kier alpha value is -3.18. The van der Waals surface area contributed by atoms with Crippen molar-refractivity contribution in [3.8, 4) is 0 Å². The molecule has 2 aliphatic heterocycles. The Morgan fingerprint density at radius 3 is 2.36 bits per heavy atom. The van der Waals surface area contributed by atoms with Crippen molar-refractivity contribution in [3.05, 3.63) is 102 Å². The van der Waals surface area contributed by atoms with Gasteiger partial charge in [0.25, 0.3) is 0 Å². The van der Waals surface area contributed by atoms with Gasteiger partial charge in [-0.1, -0.05) is 67.6 Å². The number of hydrogen-bond acceptors (Lipinski definition) is 4. The summed E-state index contributed by atoms with van der Waals surface area (Å²) < 4.78 is 2.43. The number of imidazole rings is 1. The zero-order chi connectivity index (χ0) is 22.2. The fraction of sp³-hybridized carbons (Fsp3) is 0.357. The van der Waals surface area contributed by atoms with E-state index in [1.54, 1.807) is 0 Å². The van der Waals surface area contributed by atoms with Crippen molar-refractivity contribution in [2.45, 2.75) is 57.0 Å². The van der Waals surface area contributed by atoms with Gasteiger partial charge in [-0.3, -0.25) is 9.89 Å². The van der Waals surface area contributed by atoms with Crippen LogP contribution in [-0.4, -0.2) is 32.9 Å². The molecule has 0 amide bonds. The summed E-state index contributed by atoms with van der Waals surface area (Å²) in [4.78, 5) is 12.1. The van der Waals surface area contributed by atoms with Gasteiger partial charge in [-0.25, -0.2) is 4.98 Å². The number of aliphatic imine (C=N–C) groups is 1. The molecule has 3 aliphatic rings. The van der Waals surface area contributed by atoms with Crippen LogP contribution in [0.25, 0.3) is 0 Å². The van der Waals surface area contributed by atoms with Gasteiger partial charge in [0.15, 0.2) is 5.82 Å². The van der Waals surface area contributed by atoms with E-state index in [1.165, 1.54) is 23.2 Å². The van der Waals surface area contributed by atoms with Crippen molar-refractivity contribution in [3.63, 3.8) is 0 Å². The largest absolute Gasteiger partial charge is 0.368 e. The van der Waals surface area contributed by atoms with Crippen LogP contribution in [0, 0.1) is 5.92 Å². The fourth-order valence-electron chi connectivity index (χ4n) is 5.92. The van der Waals surface area contributed by atoms with E-state index in [2.05, 4.69) is 99.6 Å². The highest BCUT2D eigenvalue weighted by molar-refractivity contribution is 5.76. The van der Waals surface area contributed by atoms with E-state index in [9.17, 15) is 0 Å². The van der Waals surface area contributed by atoms with E-state index in [0.29, 0.717) is 17.9 Å². The first kappa shape index (κ1) is 20.4. The monoisotopic (exact) mass is 437 g/mol. The minimum atomic E-state index is 0.102. The average Bonchev–Trinajstić information content (AvgIpc) is 3.57. The third-order valence-electron chi connectivity index (χ3n) is 7.60. The van der Waals surface area contributed by atoms with Crippen molar-refractivity contribution in [2.75, 3.05) is 0 Å². The SMILES string of the molecule is C[C@@H]1C[C@H](N(Cc2ccccc2)Cc2ccccc2)C[C@@H]1c1cnc2n1C1C=CNC1N=C2. The van der Waals surface area contributed by atoms with Crippen molar-refractivity contribution < 1.29 is 0 Å². The van der Waals surface area contributed by atoms with E-state index in [0.717, 1.165) is 25.3 Å². The van der Waals surface area contributed by atoms with Crippen LogP contribution in [0.2, 0.25) is 0 Å². The lowest BCUT2D eigenvalue weighted by Gasteiger charge is -2.30. The molecule has 1 saturated carbocycles. The van der Waals surface area contributed by atoms with E-state index in [-0.39, 0.29) is 12.2 Å². The van der Waals surface area contributed by atoms with Gasteiger partial charge >= 0.3 is 0 Å². The van der Waals surface area contributed by atoms with Crippen molar-refractivity contribution >= 4 is 6.21 Å². The maximum atomic E-state index is 4.74. The normalized spacial score (nSPS) is 27.5. The molecule has 3 aromatic rings. The second-order valence-corrected chi connectivity index (χ2v) is 9.74. The van der Waals surface area contributed by atoms with Crippen LogP contribution in [0.4, 0.5) is 0 Å². The van der Waals surface area contributed by atoms with Crippen LogP contribution in [-0.2, 0) is 13.1 Å². The maximum Gasteiger partial charge on any atom is 0.151 e. The van der Waals surface area contributed by atoms with Crippen LogP contribution < -0.4 is 5.32 Å². The van der Waals surface area contributed by atoms with E-state index in [1.807, 2.05) is 12.4 Å². The summed E-state index contributed by atoms with van der Waals surface area (Å²) in [5, 5.41) is 3.36. The fourth-order valence-corrected chi connectivity index (χ4v) is 5.92. The average molecular weight is 438 g/mol. The number of nitrogens with zero attached hydrogens (tertiary/aromatic N) is 4. The number of fused-ring (bicyclic) bond motifs is 3. The number of benzene rings is 2. The van der Waals surface area contributed by atoms with Gasteiger partial charge in [0.2, 0.25) is 0 Å². The Kier molecular flexibility index (Phi) is 5.35. The lowest BCUT2D eigenvalue weighted by atomic mass is 9.94. The highest BCUT2D eigenvalue weighted by Crippen LogP contribution is 2.44. The molecule has 0 bridgehead atoms. The van der Waals surface area contributed by atoms with Crippen LogP contribution in [0.1, 0.15) is 54.4 Å². The topological polar surface area (TPSA) is 45.5 Å². The molecule has 0 spiro atoms. The second-order valence-electron chi connectivity index (χ2n) is 9.74. The van der Waals surface area contributed by atoms with Crippen LogP contribution in [0.15, 0.2) is 84.1 Å². The summed E-state index contributed by atoms with van der Waals surface area (Å²) in [5.74, 6) is 2.10. The Morgan fingerprint density at radius 2 is 1.67 bits per heavy atom. The summed E-state index contributed by atoms with van der Waals surface area (Å²) in [6.45, 7) is 4.38. The smallest absolute Gasteiger partial charge is 0.151 e. The lowest BCUT2D eigenvalue weighted by Crippen LogP contribution is -2.33. The van der Waals surface area contributed by atoms with Gasteiger partial charge < -0.3 is 9.88 Å². The summed E-state index contributed by atoms with van der Waals surface area (Å²) in [7, 11) is 0. The van der Waals surface area contributed by atoms with Crippen LogP contribution in [0.5, 0.6) is 0 Å². The zero-order valence-electron chi connectivity index (χ0n) is 19.1. The predicted octanol–water partition coefficient (Wildman–Crippen LogP) is 4.88. The molecule has 6 rings (SSSR count). The quantitative estimate of drug-likeness (QED) is 0.598. The molecule has 33 heavy (non-hydrogen) atoms. The van der Waals surface area contributed by atoms with Crippen molar-refractivity contribution in [1.29, 1.82) is 0 Å². The van der Waals surface area contributed by atoms with Gasteiger partial charge in [-0.15, -0.1) is 0 Å². The highest BCUT2D eigenvalue weighted by Gasteiger charge is 2.40. The summed E-state index contributed by atoms with van der Waals surface area (Å²) >= 11 is 0. The first-order valence-corrected chi connectivity index (χ1v) is 12.1. The predicted molar refractivity (Wildman–Crippen MR) is 132 cm³/mol. The van der Waals surface area contributed by atoms with E-state index >= 15 is 0 Å². The second kappa shape index (κ2) is 8.64. The summed E-state index contributed by atoms with van der Waals surface area (Å²) in [6.07, 6.45) is 10.8. The molecule has 5 nitrogen and oxygen atoms in total. The molecule has 5 atom stereocenters. The molecular formula is C28H31N5.